The molecule has 0 spiro atoms. The highest BCUT2D eigenvalue weighted by Crippen LogP contribution is 2.30. The van der Waals surface area contributed by atoms with E-state index in [0.717, 1.165) is 38.9 Å². The molecular formula is C16H25NO. The van der Waals surface area contributed by atoms with Crippen LogP contribution in [0.1, 0.15) is 49.4 Å². The molecule has 2 heteroatoms. The molecular weight excluding hydrogens is 222 g/mol. The van der Waals surface area contributed by atoms with Crippen molar-refractivity contribution in [3.05, 3.63) is 34.9 Å². The molecule has 0 aliphatic carbocycles. The van der Waals surface area contributed by atoms with Gasteiger partial charge in [-0.05, 0) is 48.3 Å². The van der Waals surface area contributed by atoms with Gasteiger partial charge in [-0.25, -0.2) is 0 Å². The predicted molar refractivity (Wildman–Crippen MR) is 75.7 cm³/mol. The Hall–Kier alpha value is -0.860. The first-order chi connectivity index (χ1) is 8.76. The van der Waals surface area contributed by atoms with E-state index in [1.807, 2.05) is 0 Å². The number of aryl methyl sites for hydroxylation is 2. The molecule has 1 atom stereocenters. The molecule has 1 aliphatic heterocycles. The van der Waals surface area contributed by atoms with Gasteiger partial charge in [0.25, 0.3) is 0 Å². The van der Waals surface area contributed by atoms with Gasteiger partial charge in [-0.1, -0.05) is 32.0 Å². The van der Waals surface area contributed by atoms with Crippen LogP contribution < -0.4 is 5.73 Å². The molecule has 1 saturated heterocycles. The molecule has 2 N–H and O–H groups in total. The fourth-order valence-corrected chi connectivity index (χ4v) is 2.83. The number of rotatable bonds is 4. The first kappa shape index (κ1) is 13.6. The molecule has 1 fully saturated rings. The van der Waals surface area contributed by atoms with Crippen molar-refractivity contribution in [2.24, 2.45) is 11.7 Å². The largest absolute Gasteiger partial charge is 0.381 e. The van der Waals surface area contributed by atoms with Crippen LogP contribution in [-0.2, 0) is 17.6 Å². The summed E-state index contributed by atoms with van der Waals surface area (Å²) in [5, 5.41) is 0. The SMILES string of the molecule is CCc1ccc(CC)c(C(N)C2CCOCC2)c1. The minimum absolute atomic E-state index is 0.176. The van der Waals surface area contributed by atoms with E-state index in [1.165, 1.54) is 16.7 Å². The van der Waals surface area contributed by atoms with Crippen LogP contribution in [0.3, 0.4) is 0 Å². The van der Waals surface area contributed by atoms with Gasteiger partial charge in [0.05, 0.1) is 0 Å². The van der Waals surface area contributed by atoms with Crippen LogP contribution in [0.5, 0.6) is 0 Å². The average Bonchev–Trinajstić information content (AvgIpc) is 2.46. The number of nitrogens with two attached hydrogens (primary N) is 1. The molecule has 1 aromatic carbocycles. The Morgan fingerprint density at radius 2 is 1.94 bits per heavy atom. The summed E-state index contributed by atoms with van der Waals surface area (Å²) in [6, 6.07) is 6.99. The minimum Gasteiger partial charge on any atom is -0.381 e. The Morgan fingerprint density at radius 1 is 1.22 bits per heavy atom. The summed E-state index contributed by atoms with van der Waals surface area (Å²) in [5.74, 6) is 0.580. The standard InChI is InChI=1S/C16H25NO/c1-3-12-5-6-13(4-2)15(11-12)16(17)14-7-9-18-10-8-14/h5-6,11,14,16H,3-4,7-10,17H2,1-2H3. The third-order valence-corrected chi connectivity index (χ3v) is 4.13. The lowest BCUT2D eigenvalue weighted by Crippen LogP contribution is -2.28. The third kappa shape index (κ3) is 2.93. The number of hydrogen-bond donors (Lipinski definition) is 1. The van der Waals surface area contributed by atoms with Crippen LogP contribution in [0.4, 0.5) is 0 Å². The van der Waals surface area contributed by atoms with Crippen molar-refractivity contribution in [1.29, 1.82) is 0 Å². The van der Waals surface area contributed by atoms with Crippen molar-refractivity contribution in [2.45, 2.75) is 45.6 Å². The van der Waals surface area contributed by atoms with Gasteiger partial charge < -0.3 is 10.5 Å². The second-order valence-corrected chi connectivity index (χ2v) is 5.22. The van der Waals surface area contributed by atoms with Crippen LogP contribution in [0, 0.1) is 5.92 Å². The molecule has 0 saturated carbocycles. The van der Waals surface area contributed by atoms with E-state index in [4.69, 9.17) is 10.5 Å². The van der Waals surface area contributed by atoms with Crippen LogP contribution in [0.15, 0.2) is 18.2 Å². The Balaban J connectivity index is 2.23. The van der Waals surface area contributed by atoms with E-state index in [-0.39, 0.29) is 6.04 Å². The number of ether oxygens (including phenoxy) is 1. The fourth-order valence-electron chi connectivity index (χ4n) is 2.83. The van der Waals surface area contributed by atoms with Gasteiger partial charge in [-0.3, -0.25) is 0 Å². The molecule has 0 bridgehead atoms. The van der Waals surface area contributed by atoms with E-state index in [9.17, 15) is 0 Å². The molecule has 18 heavy (non-hydrogen) atoms. The summed E-state index contributed by atoms with van der Waals surface area (Å²) >= 11 is 0. The quantitative estimate of drug-likeness (QED) is 0.886. The zero-order valence-corrected chi connectivity index (χ0v) is 11.6. The first-order valence-corrected chi connectivity index (χ1v) is 7.21. The summed E-state index contributed by atoms with van der Waals surface area (Å²) in [6.45, 7) is 6.15. The highest BCUT2D eigenvalue weighted by molar-refractivity contribution is 5.35. The van der Waals surface area contributed by atoms with Gasteiger partial charge in [0.15, 0.2) is 0 Å². The molecule has 100 valence electrons. The van der Waals surface area contributed by atoms with E-state index in [2.05, 4.69) is 32.0 Å². The smallest absolute Gasteiger partial charge is 0.0469 e. The second-order valence-electron chi connectivity index (χ2n) is 5.22. The van der Waals surface area contributed by atoms with Gasteiger partial charge in [0.2, 0.25) is 0 Å². The summed E-state index contributed by atoms with van der Waals surface area (Å²) < 4.78 is 5.43. The van der Waals surface area contributed by atoms with Crippen molar-refractivity contribution < 1.29 is 4.74 Å². The van der Waals surface area contributed by atoms with Crippen LogP contribution >= 0.6 is 0 Å². The number of hydrogen-bond acceptors (Lipinski definition) is 2. The van der Waals surface area contributed by atoms with Crippen molar-refractivity contribution in [3.63, 3.8) is 0 Å². The topological polar surface area (TPSA) is 35.2 Å². The second kappa shape index (κ2) is 6.35. The maximum atomic E-state index is 6.51. The molecule has 1 unspecified atom stereocenters. The summed E-state index contributed by atoms with van der Waals surface area (Å²) in [7, 11) is 0. The monoisotopic (exact) mass is 247 g/mol. The zero-order chi connectivity index (χ0) is 13.0. The van der Waals surface area contributed by atoms with Crippen molar-refractivity contribution in [2.75, 3.05) is 13.2 Å². The Bertz CT molecular complexity index is 383. The summed E-state index contributed by atoms with van der Waals surface area (Å²) in [6.07, 6.45) is 4.34. The summed E-state index contributed by atoms with van der Waals surface area (Å²) in [4.78, 5) is 0. The van der Waals surface area contributed by atoms with Gasteiger partial charge in [0, 0.05) is 19.3 Å². The predicted octanol–water partition coefficient (Wildman–Crippen LogP) is 3.24. The Kier molecular flexibility index (Phi) is 4.79. The minimum atomic E-state index is 0.176. The van der Waals surface area contributed by atoms with Gasteiger partial charge in [0.1, 0.15) is 0 Å². The Morgan fingerprint density at radius 3 is 2.56 bits per heavy atom. The van der Waals surface area contributed by atoms with E-state index >= 15 is 0 Å². The molecule has 1 aliphatic rings. The van der Waals surface area contributed by atoms with E-state index in [1.54, 1.807) is 0 Å². The lowest BCUT2D eigenvalue weighted by molar-refractivity contribution is 0.0583. The number of benzene rings is 1. The lowest BCUT2D eigenvalue weighted by Gasteiger charge is -2.29. The van der Waals surface area contributed by atoms with E-state index in [0.29, 0.717) is 5.92 Å². The van der Waals surface area contributed by atoms with Crippen LogP contribution in [-0.4, -0.2) is 13.2 Å². The average molecular weight is 247 g/mol. The van der Waals surface area contributed by atoms with E-state index < -0.39 is 0 Å². The lowest BCUT2D eigenvalue weighted by atomic mass is 9.84. The molecule has 2 rings (SSSR count). The maximum Gasteiger partial charge on any atom is 0.0469 e. The normalized spacial score (nSPS) is 18.8. The first-order valence-electron chi connectivity index (χ1n) is 7.21. The highest BCUT2D eigenvalue weighted by atomic mass is 16.5. The molecule has 1 aromatic rings. The Labute approximate surface area is 111 Å². The molecule has 2 nitrogen and oxygen atoms in total. The van der Waals surface area contributed by atoms with Crippen molar-refractivity contribution in [3.8, 4) is 0 Å². The summed E-state index contributed by atoms with van der Waals surface area (Å²) in [5.41, 5.74) is 10.7. The van der Waals surface area contributed by atoms with Gasteiger partial charge in [-0.15, -0.1) is 0 Å². The molecule has 0 aromatic heterocycles. The molecule has 0 radical (unpaired) electrons. The maximum absolute atomic E-state index is 6.51. The van der Waals surface area contributed by atoms with Crippen LogP contribution in [0.25, 0.3) is 0 Å². The van der Waals surface area contributed by atoms with Crippen molar-refractivity contribution >= 4 is 0 Å². The molecule has 1 heterocycles. The highest BCUT2D eigenvalue weighted by Gasteiger charge is 2.23. The van der Waals surface area contributed by atoms with Gasteiger partial charge in [-0.2, -0.15) is 0 Å². The van der Waals surface area contributed by atoms with Crippen LogP contribution in [0.2, 0.25) is 0 Å². The zero-order valence-electron chi connectivity index (χ0n) is 11.6. The van der Waals surface area contributed by atoms with Crippen molar-refractivity contribution in [1.82, 2.24) is 0 Å². The molecule has 0 amide bonds. The van der Waals surface area contributed by atoms with Gasteiger partial charge >= 0.3 is 0 Å². The third-order valence-electron chi connectivity index (χ3n) is 4.13. The fraction of sp³-hybridized carbons (Fsp3) is 0.625.